The number of aromatic nitrogens is 2. The molecule has 0 bridgehead atoms. The van der Waals surface area contributed by atoms with E-state index in [4.69, 9.17) is 28.2 Å². The Hall–Kier alpha value is -2.05. The fourth-order valence-electron chi connectivity index (χ4n) is 2.70. The summed E-state index contributed by atoms with van der Waals surface area (Å²) in [6.07, 6.45) is 1.93. The van der Waals surface area contributed by atoms with E-state index in [1.165, 1.54) is 23.1 Å². The van der Waals surface area contributed by atoms with E-state index in [9.17, 15) is 4.79 Å². The van der Waals surface area contributed by atoms with Crippen molar-refractivity contribution >= 4 is 52.1 Å². The van der Waals surface area contributed by atoms with Crippen molar-refractivity contribution in [1.82, 2.24) is 9.55 Å². The molecule has 0 aliphatic rings. The van der Waals surface area contributed by atoms with Crippen LogP contribution in [0, 0.1) is 0 Å². The molecule has 2 aromatic carbocycles. The Balaban J connectivity index is 1.69. The molecule has 0 saturated carbocycles. The van der Waals surface area contributed by atoms with Crippen LogP contribution in [0.2, 0.25) is 10.0 Å². The van der Waals surface area contributed by atoms with Gasteiger partial charge in [-0.3, -0.25) is 9.36 Å². The lowest BCUT2D eigenvalue weighted by Gasteiger charge is -2.06. The van der Waals surface area contributed by atoms with Crippen LogP contribution in [0.5, 0.6) is 0 Å². The van der Waals surface area contributed by atoms with Gasteiger partial charge in [0, 0.05) is 22.5 Å². The average molecular weight is 445 g/mol. The second kappa shape index (κ2) is 8.53. The molecule has 2 aromatic heterocycles. The third kappa shape index (κ3) is 4.18. The monoisotopic (exact) mass is 444 g/mol. The fraction of sp³-hybridized carbons (Fsp3) is 0.0476. The number of Topliss-reactive ketones (excluding diaryl/α,β-unsaturated/α-hetero) is 1. The number of para-hydroxylation sites is 1. The quantitative estimate of drug-likeness (QED) is 0.240. The van der Waals surface area contributed by atoms with Crippen molar-refractivity contribution in [2.45, 2.75) is 5.16 Å². The van der Waals surface area contributed by atoms with Crippen molar-refractivity contribution < 1.29 is 4.79 Å². The number of thioether (sulfide) groups is 1. The predicted molar refractivity (Wildman–Crippen MR) is 118 cm³/mol. The number of thiophene rings is 1. The molecule has 2 heterocycles. The number of benzene rings is 2. The second-order valence-corrected chi connectivity index (χ2v) is 8.66. The summed E-state index contributed by atoms with van der Waals surface area (Å²) in [6, 6.07) is 19.0. The van der Waals surface area contributed by atoms with Gasteiger partial charge in [-0.15, -0.1) is 11.3 Å². The first-order chi connectivity index (χ1) is 13.6. The summed E-state index contributed by atoms with van der Waals surface area (Å²) in [5, 5.41) is 3.75. The molecule has 0 unspecified atom stereocenters. The molecule has 0 radical (unpaired) electrons. The van der Waals surface area contributed by atoms with E-state index in [0.29, 0.717) is 15.8 Å². The first-order valence-electron chi connectivity index (χ1n) is 8.41. The highest BCUT2D eigenvalue weighted by Crippen LogP contribution is 2.33. The van der Waals surface area contributed by atoms with Gasteiger partial charge in [-0.25, -0.2) is 4.98 Å². The summed E-state index contributed by atoms with van der Waals surface area (Å²) in [6.45, 7) is 0. The van der Waals surface area contributed by atoms with Crippen molar-refractivity contribution in [2.75, 3.05) is 5.75 Å². The van der Waals surface area contributed by atoms with Crippen LogP contribution in [-0.2, 0) is 0 Å². The van der Waals surface area contributed by atoms with Gasteiger partial charge in [-0.1, -0.05) is 59.2 Å². The molecule has 7 heteroatoms. The maximum Gasteiger partial charge on any atom is 0.183 e. The van der Waals surface area contributed by atoms with Crippen molar-refractivity contribution in [3.63, 3.8) is 0 Å². The second-order valence-electron chi connectivity index (χ2n) is 5.93. The van der Waals surface area contributed by atoms with Crippen LogP contribution in [0.25, 0.3) is 16.9 Å². The van der Waals surface area contributed by atoms with Gasteiger partial charge in [-0.2, -0.15) is 0 Å². The minimum Gasteiger partial charge on any atom is -0.294 e. The van der Waals surface area contributed by atoms with Crippen LogP contribution in [0.3, 0.4) is 0 Å². The molecule has 0 amide bonds. The lowest BCUT2D eigenvalue weighted by Crippen LogP contribution is -2.02. The van der Waals surface area contributed by atoms with Crippen LogP contribution < -0.4 is 0 Å². The van der Waals surface area contributed by atoms with Gasteiger partial charge in [0.1, 0.15) is 0 Å². The van der Waals surface area contributed by atoms with Crippen LogP contribution in [0.1, 0.15) is 9.67 Å². The zero-order valence-electron chi connectivity index (χ0n) is 14.5. The Labute approximate surface area is 181 Å². The van der Waals surface area contributed by atoms with Gasteiger partial charge >= 0.3 is 0 Å². The molecule has 4 rings (SSSR count). The normalized spacial score (nSPS) is 10.9. The summed E-state index contributed by atoms with van der Waals surface area (Å²) in [7, 11) is 0. The lowest BCUT2D eigenvalue weighted by molar-refractivity contribution is 0.102. The molecule has 0 N–H and O–H groups in total. The van der Waals surface area contributed by atoms with E-state index in [-0.39, 0.29) is 5.78 Å². The molecule has 0 saturated heterocycles. The highest BCUT2D eigenvalue weighted by Gasteiger charge is 2.16. The van der Waals surface area contributed by atoms with Crippen molar-refractivity contribution in [3.05, 3.63) is 87.2 Å². The smallest absolute Gasteiger partial charge is 0.183 e. The number of rotatable bonds is 6. The number of imidazole rings is 1. The number of carbonyl (C=O) groups is 1. The highest BCUT2D eigenvalue weighted by molar-refractivity contribution is 7.99. The van der Waals surface area contributed by atoms with Gasteiger partial charge in [-0.05, 0) is 41.8 Å². The largest absolute Gasteiger partial charge is 0.294 e. The Morgan fingerprint density at radius 2 is 1.89 bits per heavy atom. The highest BCUT2D eigenvalue weighted by atomic mass is 35.5. The van der Waals surface area contributed by atoms with E-state index in [1.807, 2.05) is 64.7 Å². The Kier molecular flexibility index (Phi) is 5.87. The molecule has 3 nitrogen and oxygen atoms in total. The molecular formula is C21H14Cl2N2OS2. The summed E-state index contributed by atoms with van der Waals surface area (Å²) < 4.78 is 1.98. The molecule has 0 aliphatic carbocycles. The summed E-state index contributed by atoms with van der Waals surface area (Å²) in [4.78, 5) is 17.9. The van der Waals surface area contributed by atoms with E-state index >= 15 is 0 Å². The number of carbonyl (C=O) groups excluding carboxylic acids is 1. The van der Waals surface area contributed by atoms with Gasteiger partial charge < -0.3 is 0 Å². The van der Waals surface area contributed by atoms with Gasteiger partial charge in [0.05, 0.1) is 21.3 Å². The molecule has 0 aliphatic heterocycles. The lowest BCUT2D eigenvalue weighted by atomic mass is 10.2. The molecule has 4 aromatic rings. The summed E-state index contributed by atoms with van der Waals surface area (Å²) >= 11 is 15.3. The SMILES string of the molecule is O=C(CSc1nc(-c2ccc(Cl)cc2Cl)cn1-c1ccccc1)c1cccs1. The Bertz CT molecular complexity index is 1110. The summed E-state index contributed by atoms with van der Waals surface area (Å²) in [5.74, 6) is 0.409. The zero-order valence-corrected chi connectivity index (χ0v) is 17.7. The van der Waals surface area contributed by atoms with Gasteiger partial charge in [0.15, 0.2) is 10.9 Å². The molecule has 0 fully saturated rings. The third-order valence-corrected chi connectivity index (χ3v) is 6.45. The first kappa shape index (κ1) is 19.3. The molecular weight excluding hydrogens is 431 g/mol. The van der Waals surface area contributed by atoms with Crippen LogP contribution in [0.15, 0.2) is 77.4 Å². The van der Waals surface area contributed by atoms with Crippen molar-refractivity contribution in [2.24, 2.45) is 0 Å². The fourth-order valence-corrected chi connectivity index (χ4v) is 4.84. The average Bonchev–Trinajstić information content (AvgIpc) is 3.37. The minimum absolute atomic E-state index is 0.0914. The van der Waals surface area contributed by atoms with Gasteiger partial charge in [0.2, 0.25) is 0 Å². The van der Waals surface area contributed by atoms with Crippen LogP contribution >= 0.6 is 46.3 Å². The number of halogens is 2. The maximum absolute atomic E-state index is 12.4. The molecule has 0 spiro atoms. The van der Waals surface area contributed by atoms with E-state index in [2.05, 4.69) is 0 Å². The van der Waals surface area contributed by atoms with E-state index in [0.717, 1.165) is 27.0 Å². The molecule has 140 valence electrons. The number of hydrogen-bond acceptors (Lipinski definition) is 4. The van der Waals surface area contributed by atoms with Crippen molar-refractivity contribution in [1.29, 1.82) is 0 Å². The van der Waals surface area contributed by atoms with Crippen molar-refractivity contribution in [3.8, 4) is 16.9 Å². The Morgan fingerprint density at radius 3 is 2.61 bits per heavy atom. The number of nitrogens with zero attached hydrogens (tertiary/aromatic N) is 2. The number of hydrogen-bond donors (Lipinski definition) is 0. The van der Waals surface area contributed by atoms with E-state index < -0.39 is 0 Å². The maximum atomic E-state index is 12.4. The van der Waals surface area contributed by atoms with Crippen LogP contribution in [-0.4, -0.2) is 21.1 Å². The minimum atomic E-state index is 0.0914. The molecule has 28 heavy (non-hydrogen) atoms. The van der Waals surface area contributed by atoms with Crippen LogP contribution in [0.4, 0.5) is 0 Å². The van der Waals surface area contributed by atoms with E-state index in [1.54, 1.807) is 12.1 Å². The zero-order chi connectivity index (χ0) is 19.5. The first-order valence-corrected chi connectivity index (χ1v) is 11.0. The number of ketones is 1. The Morgan fingerprint density at radius 1 is 1.07 bits per heavy atom. The third-order valence-electron chi connectivity index (χ3n) is 4.04. The predicted octanol–water partition coefficient (Wildman–Crippen LogP) is 6.88. The van der Waals surface area contributed by atoms with Gasteiger partial charge in [0.25, 0.3) is 0 Å². The molecule has 0 atom stereocenters. The summed E-state index contributed by atoms with van der Waals surface area (Å²) in [5.41, 5.74) is 2.50. The standard InChI is InChI=1S/C21H14Cl2N2OS2/c22-14-8-9-16(17(23)11-14)18-12-25(15-5-2-1-3-6-15)21(24-18)28-13-19(26)20-7-4-10-27-20/h1-12H,13H2. The topological polar surface area (TPSA) is 34.9 Å².